The van der Waals surface area contributed by atoms with Crippen molar-refractivity contribution in [2.45, 2.75) is 65.1 Å². The van der Waals surface area contributed by atoms with Gasteiger partial charge in [-0.15, -0.1) is 6.58 Å². The SMILES string of the molecule is C=CCCC(C#CCO)C[C@]1(C)[C@@H](CC=C(C)C)CCC12OCCO2. The number of ether oxygens (including phenoxy) is 2. The van der Waals surface area contributed by atoms with Gasteiger partial charge in [0.25, 0.3) is 0 Å². The summed E-state index contributed by atoms with van der Waals surface area (Å²) in [5.74, 6) is 6.45. The second-order valence-electron chi connectivity index (χ2n) is 7.87. The van der Waals surface area contributed by atoms with Crippen molar-refractivity contribution < 1.29 is 14.6 Å². The number of aliphatic hydroxyl groups excluding tert-OH is 1. The molecule has 2 aliphatic rings. The van der Waals surface area contributed by atoms with Crippen LogP contribution in [0.25, 0.3) is 0 Å². The van der Waals surface area contributed by atoms with E-state index in [9.17, 15) is 0 Å². The first-order valence-electron chi connectivity index (χ1n) is 9.59. The summed E-state index contributed by atoms with van der Waals surface area (Å²) in [6, 6.07) is 0. The maximum atomic E-state index is 9.12. The van der Waals surface area contributed by atoms with E-state index < -0.39 is 5.79 Å². The maximum absolute atomic E-state index is 9.12. The Morgan fingerprint density at radius 3 is 2.68 bits per heavy atom. The summed E-state index contributed by atoms with van der Waals surface area (Å²) in [6.45, 7) is 11.8. The Kier molecular flexibility index (Phi) is 7.31. The number of allylic oxidation sites excluding steroid dienone is 3. The average molecular weight is 347 g/mol. The van der Waals surface area contributed by atoms with Crippen LogP contribution >= 0.6 is 0 Å². The average Bonchev–Trinajstić information content (AvgIpc) is 3.16. The zero-order chi connectivity index (χ0) is 18.3. The summed E-state index contributed by atoms with van der Waals surface area (Å²) >= 11 is 0. The van der Waals surface area contributed by atoms with Crippen molar-refractivity contribution in [2.75, 3.05) is 19.8 Å². The Morgan fingerprint density at radius 2 is 2.08 bits per heavy atom. The van der Waals surface area contributed by atoms with E-state index in [-0.39, 0.29) is 17.9 Å². The van der Waals surface area contributed by atoms with Gasteiger partial charge in [0, 0.05) is 17.8 Å². The Morgan fingerprint density at radius 1 is 1.36 bits per heavy atom. The normalized spacial score (nSPS) is 28.4. The van der Waals surface area contributed by atoms with Gasteiger partial charge in [-0.05, 0) is 51.9 Å². The largest absolute Gasteiger partial charge is 0.384 e. The lowest BCUT2D eigenvalue weighted by atomic mass is 9.68. The Bertz CT molecular complexity index is 529. The highest BCUT2D eigenvalue weighted by atomic mass is 16.7. The second-order valence-corrected chi connectivity index (χ2v) is 7.87. The Balaban J connectivity index is 2.26. The molecule has 140 valence electrons. The zero-order valence-corrected chi connectivity index (χ0v) is 16.1. The molecule has 0 aromatic carbocycles. The van der Waals surface area contributed by atoms with Gasteiger partial charge in [0.1, 0.15) is 6.61 Å². The highest BCUT2D eigenvalue weighted by molar-refractivity contribution is 5.12. The third kappa shape index (κ3) is 4.56. The van der Waals surface area contributed by atoms with Gasteiger partial charge in [0.05, 0.1) is 13.2 Å². The molecule has 3 nitrogen and oxygen atoms in total. The minimum atomic E-state index is -0.458. The van der Waals surface area contributed by atoms with Gasteiger partial charge in [0.15, 0.2) is 5.79 Å². The summed E-state index contributed by atoms with van der Waals surface area (Å²) < 4.78 is 12.4. The smallest absolute Gasteiger partial charge is 0.174 e. The van der Waals surface area contributed by atoms with Crippen LogP contribution in [0.3, 0.4) is 0 Å². The molecular formula is C22H34O3. The third-order valence-corrected chi connectivity index (χ3v) is 5.93. The summed E-state index contributed by atoms with van der Waals surface area (Å²) in [7, 11) is 0. The van der Waals surface area contributed by atoms with Crippen LogP contribution in [-0.2, 0) is 9.47 Å². The third-order valence-electron chi connectivity index (χ3n) is 5.93. The molecule has 2 fully saturated rings. The quantitative estimate of drug-likeness (QED) is 0.546. The van der Waals surface area contributed by atoms with Gasteiger partial charge >= 0.3 is 0 Å². The fraction of sp³-hybridized carbons (Fsp3) is 0.727. The molecule has 3 heteroatoms. The van der Waals surface area contributed by atoms with Crippen LogP contribution in [-0.4, -0.2) is 30.7 Å². The molecule has 0 amide bonds. The summed E-state index contributed by atoms with van der Waals surface area (Å²) in [6.07, 6.45) is 10.3. The van der Waals surface area contributed by atoms with Crippen molar-refractivity contribution in [3.05, 3.63) is 24.3 Å². The van der Waals surface area contributed by atoms with E-state index in [2.05, 4.69) is 45.3 Å². The van der Waals surface area contributed by atoms with Crippen molar-refractivity contribution in [3.8, 4) is 11.8 Å². The molecule has 1 spiro atoms. The van der Waals surface area contributed by atoms with Gasteiger partial charge in [0.2, 0.25) is 0 Å². The van der Waals surface area contributed by atoms with Crippen molar-refractivity contribution in [3.63, 3.8) is 0 Å². The van der Waals surface area contributed by atoms with Crippen LogP contribution in [0.1, 0.15) is 59.3 Å². The van der Waals surface area contributed by atoms with Crippen LogP contribution < -0.4 is 0 Å². The van der Waals surface area contributed by atoms with E-state index in [0.717, 1.165) is 38.5 Å². The lowest BCUT2D eigenvalue weighted by molar-refractivity contribution is -0.228. The Labute approximate surface area is 153 Å². The van der Waals surface area contributed by atoms with Gasteiger partial charge in [-0.25, -0.2) is 0 Å². The monoisotopic (exact) mass is 346 g/mol. The minimum Gasteiger partial charge on any atom is -0.384 e. The predicted octanol–water partition coefficient (Wildman–Crippen LogP) is 4.47. The van der Waals surface area contributed by atoms with E-state index in [4.69, 9.17) is 14.6 Å². The summed E-state index contributed by atoms with van der Waals surface area (Å²) in [5, 5.41) is 9.12. The van der Waals surface area contributed by atoms with Crippen molar-refractivity contribution in [1.82, 2.24) is 0 Å². The van der Waals surface area contributed by atoms with Gasteiger partial charge in [-0.2, -0.15) is 0 Å². The van der Waals surface area contributed by atoms with Crippen molar-refractivity contribution >= 4 is 0 Å². The molecule has 0 radical (unpaired) electrons. The van der Waals surface area contributed by atoms with Crippen molar-refractivity contribution in [2.24, 2.45) is 17.3 Å². The summed E-state index contributed by atoms with van der Waals surface area (Å²) in [5.41, 5.74) is 1.30. The molecule has 2 rings (SSSR count). The highest BCUT2D eigenvalue weighted by Gasteiger charge is 2.60. The summed E-state index contributed by atoms with van der Waals surface area (Å²) in [4.78, 5) is 0. The molecule has 1 heterocycles. The first-order chi connectivity index (χ1) is 12.0. The molecule has 0 aromatic rings. The fourth-order valence-electron chi connectivity index (χ4n) is 4.53. The van der Waals surface area contributed by atoms with Crippen LogP contribution in [0.15, 0.2) is 24.3 Å². The molecule has 1 N–H and O–H groups in total. The molecule has 1 saturated carbocycles. The maximum Gasteiger partial charge on any atom is 0.174 e. The van der Waals surface area contributed by atoms with E-state index in [1.807, 2.05) is 6.08 Å². The molecule has 1 saturated heterocycles. The number of aliphatic hydroxyl groups is 1. The molecule has 0 bridgehead atoms. The second kappa shape index (κ2) is 9.03. The minimum absolute atomic E-state index is 0.0641. The molecule has 1 aliphatic heterocycles. The Hall–Kier alpha value is -1.08. The topological polar surface area (TPSA) is 38.7 Å². The van der Waals surface area contributed by atoms with Crippen LogP contribution in [0.4, 0.5) is 0 Å². The molecule has 1 aliphatic carbocycles. The van der Waals surface area contributed by atoms with E-state index >= 15 is 0 Å². The predicted molar refractivity (Wildman–Crippen MR) is 102 cm³/mol. The lowest BCUT2D eigenvalue weighted by Gasteiger charge is -2.44. The van der Waals surface area contributed by atoms with Crippen LogP contribution in [0, 0.1) is 29.1 Å². The highest BCUT2D eigenvalue weighted by Crippen LogP contribution is 2.59. The molecule has 1 unspecified atom stereocenters. The first-order valence-corrected chi connectivity index (χ1v) is 9.59. The molecule has 25 heavy (non-hydrogen) atoms. The van der Waals surface area contributed by atoms with Gasteiger partial charge < -0.3 is 14.6 Å². The zero-order valence-electron chi connectivity index (χ0n) is 16.1. The fourth-order valence-corrected chi connectivity index (χ4v) is 4.53. The number of hydrogen-bond acceptors (Lipinski definition) is 3. The van der Waals surface area contributed by atoms with Crippen LogP contribution in [0.5, 0.6) is 0 Å². The molecule has 3 atom stereocenters. The van der Waals surface area contributed by atoms with Crippen LogP contribution in [0.2, 0.25) is 0 Å². The van der Waals surface area contributed by atoms with Gasteiger partial charge in [-0.1, -0.05) is 36.5 Å². The standard InChI is InChI=1S/C22H34O3/c1-5-6-8-19(9-7-14-23)17-21(4)20(11-10-18(2)3)12-13-22(21)24-15-16-25-22/h5,10,19-20,23H,1,6,8,11-17H2,2-4H3/t19?,20-,21+/m0/s1. The van der Waals surface area contributed by atoms with E-state index in [1.165, 1.54) is 5.57 Å². The van der Waals surface area contributed by atoms with E-state index in [0.29, 0.717) is 19.1 Å². The van der Waals surface area contributed by atoms with E-state index in [1.54, 1.807) is 0 Å². The first kappa shape index (κ1) is 20.2. The van der Waals surface area contributed by atoms with Gasteiger partial charge in [-0.3, -0.25) is 0 Å². The lowest BCUT2D eigenvalue weighted by Crippen LogP contribution is -2.47. The molecular weight excluding hydrogens is 312 g/mol. The van der Waals surface area contributed by atoms with Crippen molar-refractivity contribution in [1.29, 1.82) is 0 Å². The molecule has 0 aromatic heterocycles. The number of hydrogen-bond donors (Lipinski definition) is 1. The number of rotatable bonds is 7.